The molecule has 2 aliphatic heterocycles. The van der Waals surface area contributed by atoms with Crippen molar-refractivity contribution in [1.82, 2.24) is 4.31 Å². The number of anilines is 1. The third-order valence-electron chi connectivity index (χ3n) is 6.45. The highest BCUT2D eigenvalue weighted by Crippen LogP contribution is 2.50. The summed E-state index contributed by atoms with van der Waals surface area (Å²) >= 11 is 0. The van der Waals surface area contributed by atoms with Gasteiger partial charge in [-0.1, -0.05) is 48.9 Å². The molecule has 1 fully saturated rings. The van der Waals surface area contributed by atoms with Crippen LogP contribution in [0.1, 0.15) is 48.8 Å². The van der Waals surface area contributed by atoms with Crippen LogP contribution in [0.4, 0.5) is 5.69 Å². The number of nitrogens with one attached hydrogen (secondary N) is 1. The Morgan fingerprint density at radius 3 is 2.54 bits per heavy atom. The van der Waals surface area contributed by atoms with E-state index in [1.165, 1.54) is 5.56 Å². The number of rotatable bonds is 3. The highest BCUT2D eigenvalue weighted by atomic mass is 32.2. The number of allylic oxidation sites excluding steroid dienone is 2. The number of piperidine rings is 1. The van der Waals surface area contributed by atoms with Crippen LogP contribution < -0.4 is 5.32 Å². The van der Waals surface area contributed by atoms with Crippen molar-refractivity contribution < 1.29 is 8.42 Å². The zero-order chi connectivity index (χ0) is 19.1. The first-order valence-electron chi connectivity index (χ1n) is 10.3. The van der Waals surface area contributed by atoms with Crippen LogP contribution in [-0.2, 0) is 10.0 Å². The Balaban J connectivity index is 1.52. The molecule has 0 radical (unpaired) electrons. The largest absolute Gasteiger partial charge is 0.378 e. The maximum Gasteiger partial charge on any atom is 0.243 e. The van der Waals surface area contributed by atoms with E-state index in [0.717, 1.165) is 36.9 Å². The molecule has 1 saturated heterocycles. The summed E-state index contributed by atoms with van der Waals surface area (Å²) in [5.41, 5.74) is 3.46. The van der Waals surface area contributed by atoms with E-state index in [4.69, 9.17) is 0 Å². The lowest BCUT2D eigenvalue weighted by Crippen LogP contribution is -2.36. The second-order valence-corrected chi connectivity index (χ2v) is 10.0. The first kappa shape index (κ1) is 18.0. The minimum atomic E-state index is -3.41. The molecule has 2 heterocycles. The second-order valence-electron chi connectivity index (χ2n) is 8.10. The van der Waals surface area contributed by atoms with E-state index in [9.17, 15) is 8.42 Å². The number of nitrogens with zero attached hydrogens (tertiary/aromatic N) is 1. The summed E-state index contributed by atoms with van der Waals surface area (Å²) in [5, 5.41) is 3.69. The molecule has 5 heteroatoms. The molecule has 5 rings (SSSR count). The SMILES string of the molecule is O=S(=O)(c1ccc2c(c1)C1C=CCC1C(c1ccccc1)N2)N1CCCCC1. The Kier molecular flexibility index (Phi) is 4.52. The van der Waals surface area contributed by atoms with Crippen LogP contribution in [0.25, 0.3) is 0 Å². The molecule has 0 spiro atoms. The Bertz CT molecular complexity index is 995. The fourth-order valence-electron chi connectivity index (χ4n) is 4.98. The van der Waals surface area contributed by atoms with Crippen molar-refractivity contribution in [2.75, 3.05) is 18.4 Å². The topological polar surface area (TPSA) is 49.4 Å². The van der Waals surface area contributed by atoms with E-state index in [1.807, 2.05) is 18.2 Å². The number of hydrogen-bond donors (Lipinski definition) is 1. The molecule has 4 nitrogen and oxygen atoms in total. The Hall–Kier alpha value is -2.11. The van der Waals surface area contributed by atoms with Crippen molar-refractivity contribution in [3.8, 4) is 0 Å². The summed E-state index contributed by atoms with van der Waals surface area (Å²) in [5.74, 6) is 0.681. The van der Waals surface area contributed by atoms with Gasteiger partial charge in [0.15, 0.2) is 0 Å². The number of hydrogen-bond acceptors (Lipinski definition) is 3. The van der Waals surface area contributed by atoms with Crippen molar-refractivity contribution in [3.63, 3.8) is 0 Å². The molecule has 0 aromatic heterocycles. The molecular formula is C23H26N2O2S. The minimum absolute atomic E-state index is 0.248. The number of fused-ring (bicyclic) bond motifs is 3. The van der Waals surface area contributed by atoms with Crippen LogP contribution in [0, 0.1) is 5.92 Å². The van der Waals surface area contributed by atoms with Gasteiger partial charge < -0.3 is 5.32 Å². The van der Waals surface area contributed by atoms with E-state index in [0.29, 0.717) is 23.9 Å². The predicted molar refractivity (Wildman–Crippen MR) is 112 cm³/mol. The van der Waals surface area contributed by atoms with Gasteiger partial charge in [0.2, 0.25) is 10.0 Å². The summed E-state index contributed by atoms with van der Waals surface area (Å²) in [7, 11) is -3.41. The second kappa shape index (κ2) is 7.05. The Morgan fingerprint density at radius 1 is 0.964 bits per heavy atom. The highest BCUT2D eigenvalue weighted by Gasteiger charge is 2.38. The molecule has 3 aliphatic rings. The molecular weight excluding hydrogens is 368 g/mol. The van der Waals surface area contributed by atoms with Crippen molar-refractivity contribution in [1.29, 1.82) is 0 Å². The van der Waals surface area contributed by atoms with E-state index in [1.54, 1.807) is 10.4 Å². The van der Waals surface area contributed by atoms with E-state index in [2.05, 4.69) is 41.7 Å². The van der Waals surface area contributed by atoms with Gasteiger partial charge in [0.25, 0.3) is 0 Å². The molecule has 1 N–H and O–H groups in total. The maximum atomic E-state index is 13.1. The van der Waals surface area contributed by atoms with Gasteiger partial charge in [0.05, 0.1) is 10.9 Å². The standard InChI is InChI=1S/C23H26N2O2S/c26-28(27,25-14-5-2-6-15-25)18-12-13-22-21(16-18)19-10-7-11-20(19)23(24-22)17-8-3-1-4-9-17/h1,3-4,7-10,12-13,16,19-20,23-24H,2,5-6,11,14-15H2. The highest BCUT2D eigenvalue weighted by molar-refractivity contribution is 7.89. The molecule has 28 heavy (non-hydrogen) atoms. The van der Waals surface area contributed by atoms with E-state index in [-0.39, 0.29) is 12.0 Å². The lowest BCUT2D eigenvalue weighted by atomic mass is 9.77. The van der Waals surface area contributed by atoms with Crippen LogP contribution in [0.3, 0.4) is 0 Å². The first-order chi connectivity index (χ1) is 13.6. The van der Waals surface area contributed by atoms with Gasteiger partial charge in [-0.3, -0.25) is 0 Å². The summed E-state index contributed by atoms with van der Waals surface area (Å²) in [4.78, 5) is 0.437. The van der Waals surface area contributed by atoms with Crippen molar-refractivity contribution in [2.45, 2.75) is 42.5 Å². The van der Waals surface area contributed by atoms with Gasteiger partial charge in [-0.2, -0.15) is 4.31 Å². The summed E-state index contributed by atoms with van der Waals surface area (Å²) < 4.78 is 27.9. The van der Waals surface area contributed by atoms with Crippen LogP contribution in [0.15, 0.2) is 65.6 Å². The third kappa shape index (κ3) is 2.97. The summed E-state index contributed by atoms with van der Waals surface area (Å²) in [6, 6.07) is 16.5. The molecule has 2 aromatic carbocycles. The molecule has 1 aliphatic carbocycles. The van der Waals surface area contributed by atoms with Crippen molar-refractivity contribution in [2.24, 2.45) is 5.92 Å². The van der Waals surface area contributed by atoms with Gasteiger partial charge in [-0.05, 0) is 54.5 Å². The van der Waals surface area contributed by atoms with Crippen LogP contribution in [0.2, 0.25) is 0 Å². The smallest absolute Gasteiger partial charge is 0.243 e. The van der Waals surface area contributed by atoms with Gasteiger partial charge in [-0.15, -0.1) is 0 Å². The van der Waals surface area contributed by atoms with Crippen LogP contribution in [-0.4, -0.2) is 25.8 Å². The molecule has 3 atom stereocenters. The third-order valence-corrected chi connectivity index (χ3v) is 8.34. The molecule has 2 aromatic rings. The number of benzene rings is 2. The van der Waals surface area contributed by atoms with E-state index < -0.39 is 10.0 Å². The molecule has 0 amide bonds. The van der Waals surface area contributed by atoms with Crippen molar-refractivity contribution >= 4 is 15.7 Å². The van der Waals surface area contributed by atoms with Crippen LogP contribution in [0.5, 0.6) is 0 Å². The molecule has 0 bridgehead atoms. The fourth-order valence-corrected chi connectivity index (χ4v) is 6.53. The number of sulfonamides is 1. The lowest BCUT2D eigenvalue weighted by Gasteiger charge is -2.38. The van der Waals surface area contributed by atoms with Gasteiger partial charge in [0, 0.05) is 24.7 Å². The normalized spacial score (nSPS) is 27.1. The quantitative estimate of drug-likeness (QED) is 0.769. The van der Waals surface area contributed by atoms with E-state index >= 15 is 0 Å². The lowest BCUT2D eigenvalue weighted by molar-refractivity contribution is 0.346. The monoisotopic (exact) mass is 394 g/mol. The average molecular weight is 395 g/mol. The molecule has 146 valence electrons. The maximum absolute atomic E-state index is 13.1. The Morgan fingerprint density at radius 2 is 1.75 bits per heavy atom. The van der Waals surface area contributed by atoms with Crippen molar-refractivity contribution in [3.05, 3.63) is 71.8 Å². The first-order valence-corrected chi connectivity index (χ1v) is 11.7. The minimum Gasteiger partial charge on any atom is -0.378 e. The zero-order valence-corrected chi connectivity index (χ0v) is 16.7. The van der Waals surface area contributed by atoms with Crippen LogP contribution >= 0.6 is 0 Å². The molecule has 0 saturated carbocycles. The Labute approximate surface area is 167 Å². The van der Waals surface area contributed by atoms with Gasteiger partial charge >= 0.3 is 0 Å². The summed E-state index contributed by atoms with van der Waals surface area (Å²) in [6.45, 7) is 1.28. The average Bonchev–Trinajstić information content (AvgIpc) is 3.24. The fraction of sp³-hybridized carbons (Fsp3) is 0.391. The zero-order valence-electron chi connectivity index (χ0n) is 15.9. The predicted octanol–water partition coefficient (Wildman–Crippen LogP) is 4.69. The van der Waals surface area contributed by atoms with Gasteiger partial charge in [0.1, 0.15) is 0 Å². The molecule has 3 unspecified atom stereocenters. The summed E-state index contributed by atoms with van der Waals surface area (Å²) in [6.07, 6.45) is 8.55. The van der Waals surface area contributed by atoms with Gasteiger partial charge in [-0.25, -0.2) is 8.42 Å².